The van der Waals surface area contributed by atoms with Gasteiger partial charge in [0.1, 0.15) is 23.6 Å². The summed E-state index contributed by atoms with van der Waals surface area (Å²) in [5, 5.41) is 8.91. The van der Waals surface area contributed by atoms with Crippen LogP contribution in [0.4, 0.5) is 11.6 Å². The summed E-state index contributed by atoms with van der Waals surface area (Å²) in [6, 6.07) is 5.97. The first-order valence-corrected chi connectivity index (χ1v) is 10.0. The van der Waals surface area contributed by atoms with E-state index in [-0.39, 0.29) is 0 Å². The second-order valence-corrected chi connectivity index (χ2v) is 7.75. The zero-order valence-electron chi connectivity index (χ0n) is 17.7. The molecule has 0 saturated heterocycles. The molecule has 9 heteroatoms. The van der Waals surface area contributed by atoms with Gasteiger partial charge in [0, 0.05) is 30.8 Å². The van der Waals surface area contributed by atoms with E-state index >= 15 is 0 Å². The summed E-state index contributed by atoms with van der Waals surface area (Å²) < 4.78 is 3.92. The van der Waals surface area contributed by atoms with Crippen molar-refractivity contribution in [1.29, 1.82) is 0 Å². The number of hydrogen-bond acceptors (Lipinski definition) is 7. The summed E-state index contributed by atoms with van der Waals surface area (Å²) in [4.78, 5) is 17.6. The third-order valence-corrected chi connectivity index (χ3v) is 5.35. The molecule has 5 rings (SSSR count). The molecule has 0 aliphatic heterocycles. The second-order valence-electron chi connectivity index (χ2n) is 7.75. The Morgan fingerprint density at radius 3 is 2.74 bits per heavy atom. The van der Waals surface area contributed by atoms with Crippen molar-refractivity contribution in [2.45, 2.75) is 33.9 Å². The molecule has 9 nitrogen and oxygen atoms in total. The predicted molar refractivity (Wildman–Crippen MR) is 120 cm³/mol. The Labute approximate surface area is 179 Å². The largest absolute Gasteiger partial charge is 0.384 e. The number of aryl methyl sites for hydroxylation is 3. The number of nitrogen functional groups attached to an aromatic ring is 1. The molecule has 5 aromatic heterocycles. The molecule has 3 N–H and O–H groups in total. The molecular formula is C22H23N9. The maximum atomic E-state index is 5.84. The summed E-state index contributed by atoms with van der Waals surface area (Å²) in [6.45, 7) is 7.21. The maximum Gasteiger partial charge on any atom is 0.186 e. The Morgan fingerprint density at radius 2 is 1.90 bits per heavy atom. The molecule has 31 heavy (non-hydrogen) atoms. The average Bonchev–Trinajstić information content (AvgIpc) is 3.29. The molecule has 156 valence electrons. The van der Waals surface area contributed by atoms with Crippen molar-refractivity contribution in [3.8, 4) is 0 Å². The van der Waals surface area contributed by atoms with Crippen LogP contribution in [0.1, 0.15) is 28.1 Å². The Hall–Kier alpha value is -4.01. The van der Waals surface area contributed by atoms with Crippen LogP contribution in [-0.2, 0) is 13.1 Å². The predicted octanol–water partition coefficient (Wildman–Crippen LogP) is 3.04. The van der Waals surface area contributed by atoms with E-state index in [1.807, 2.05) is 54.4 Å². The molecule has 0 aromatic carbocycles. The van der Waals surface area contributed by atoms with Crippen molar-refractivity contribution >= 4 is 28.3 Å². The van der Waals surface area contributed by atoms with Crippen molar-refractivity contribution in [1.82, 2.24) is 34.1 Å². The molecule has 0 bridgehead atoms. The van der Waals surface area contributed by atoms with Crippen LogP contribution >= 0.6 is 0 Å². The van der Waals surface area contributed by atoms with Crippen molar-refractivity contribution in [2.24, 2.45) is 0 Å². The molecule has 5 heterocycles. The topological polar surface area (TPSA) is 112 Å². The number of imidazole rings is 1. The molecular weight excluding hydrogens is 390 g/mol. The van der Waals surface area contributed by atoms with Gasteiger partial charge >= 0.3 is 0 Å². The van der Waals surface area contributed by atoms with Gasteiger partial charge in [-0.15, -0.1) is 0 Å². The fraction of sp³-hybridized carbons (Fsp3) is 0.227. The highest BCUT2D eigenvalue weighted by molar-refractivity contribution is 5.85. The van der Waals surface area contributed by atoms with Crippen molar-refractivity contribution in [3.05, 3.63) is 71.2 Å². The second kappa shape index (κ2) is 7.35. The van der Waals surface area contributed by atoms with Crippen LogP contribution < -0.4 is 11.1 Å². The highest BCUT2D eigenvalue weighted by Gasteiger charge is 2.11. The van der Waals surface area contributed by atoms with Crippen LogP contribution in [0.3, 0.4) is 0 Å². The third kappa shape index (κ3) is 3.65. The van der Waals surface area contributed by atoms with E-state index in [9.17, 15) is 0 Å². The molecule has 0 radical (unpaired) electrons. The van der Waals surface area contributed by atoms with E-state index in [1.54, 1.807) is 0 Å². The van der Waals surface area contributed by atoms with Crippen molar-refractivity contribution in [3.63, 3.8) is 0 Å². The third-order valence-electron chi connectivity index (χ3n) is 5.35. The maximum absolute atomic E-state index is 5.84. The smallest absolute Gasteiger partial charge is 0.186 e. The highest BCUT2D eigenvalue weighted by atomic mass is 15.3. The number of nitrogens with one attached hydrogen (secondary N) is 1. The minimum Gasteiger partial charge on any atom is -0.384 e. The van der Waals surface area contributed by atoms with Gasteiger partial charge in [0.15, 0.2) is 5.65 Å². The number of anilines is 2. The molecule has 0 fully saturated rings. The Bertz CT molecular complexity index is 1390. The monoisotopic (exact) mass is 413 g/mol. The van der Waals surface area contributed by atoms with E-state index in [4.69, 9.17) is 5.73 Å². The molecule has 0 aliphatic carbocycles. The Kier molecular flexibility index (Phi) is 4.50. The van der Waals surface area contributed by atoms with E-state index in [0.717, 1.165) is 44.9 Å². The number of hydrogen-bond donors (Lipinski definition) is 2. The van der Waals surface area contributed by atoms with Gasteiger partial charge < -0.3 is 15.5 Å². The molecule has 0 amide bonds. The van der Waals surface area contributed by atoms with Gasteiger partial charge in [-0.25, -0.2) is 19.9 Å². The van der Waals surface area contributed by atoms with Crippen LogP contribution in [0.2, 0.25) is 0 Å². The lowest BCUT2D eigenvalue weighted by Crippen LogP contribution is -2.08. The summed E-state index contributed by atoms with van der Waals surface area (Å²) in [7, 11) is 0. The van der Waals surface area contributed by atoms with E-state index in [0.29, 0.717) is 24.6 Å². The molecule has 0 saturated carbocycles. The van der Waals surface area contributed by atoms with Gasteiger partial charge in [-0.3, -0.25) is 4.68 Å². The number of nitrogens with two attached hydrogens (primary N) is 1. The van der Waals surface area contributed by atoms with E-state index in [1.165, 1.54) is 6.33 Å². The van der Waals surface area contributed by atoms with Crippen molar-refractivity contribution in [2.75, 3.05) is 11.1 Å². The molecule has 0 aliphatic rings. The lowest BCUT2D eigenvalue weighted by atomic mass is 10.1. The zero-order chi connectivity index (χ0) is 21.5. The van der Waals surface area contributed by atoms with E-state index in [2.05, 4.69) is 42.6 Å². The normalized spacial score (nSPS) is 11.5. The molecule has 0 atom stereocenters. The Morgan fingerprint density at radius 1 is 1.03 bits per heavy atom. The summed E-state index contributed by atoms with van der Waals surface area (Å²) in [6.07, 6.45) is 7.60. The van der Waals surface area contributed by atoms with Gasteiger partial charge in [-0.2, -0.15) is 5.10 Å². The molecule has 5 aromatic rings. The minimum atomic E-state index is 0.536. The molecule has 0 spiro atoms. The number of aromatic nitrogens is 7. The zero-order valence-corrected chi connectivity index (χ0v) is 17.7. The average molecular weight is 413 g/mol. The van der Waals surface area contributed by atoms with E-state index < -0.39 is 0 Å². The number of rotatable bonds is 5. The lowest BCUT2D eigenvalue weighted by molar-refractivity contribution is 0.690. The lowest BCUT2D eigenvalue weighted by Gasteiger charge is -2.12. The van der Waals surface area contributed by atoms with Gasteiger partial charge in [0.2, 0.25) is 0 Å². The van der Waals surface area contributed by atoms with Crippen LogP contribution in [-0.4, -0.2) is 34.1 Å². The molecule has 0 unspecified atom stereocenters. The first-order valence-electron chi connectivity index (χ1n) is 10.0. The van der Waals surface area contributed by atoms with Crippen molar-refractivity contribution < 1.29 is 0 Å². The fourth-order valence-corrected chi connectivity index (χ4v) is 3.88. The SMILES string of the molecule is Cc1cn2cc(Cn3cc4c(NCc5c(C)cc(N)nc5C)ncnc4n3)ccc2n1. The highest BCUT2D eigenvalue weighted by Crippen LogP contribution is 2.21. The summed E-state index contributed by atoms with van der Waals surface area (Å²) >= 11 is 0. The van der Waals surface area contributed by atoms with Gasteiger partial charge in [0.25, 0.3) is 0 Å². The van der Waals surface area contributed by atoms with Crippen LogP contribution in [0.15, 0.2) is 43.1 Å². The number of nitrogens with zero attached hydrogens (tertiary/aromatic N) is 7. The summed E-state index contributed by atoms with van der Waals surface area (Å²) in [5.41, 5.74) is 12.7. The fourth-order valence-electron chi connectivity index (χ4n) is 3.88. The minimum absolute atomic E-state index is 0.536. The first-order chi connectivity index (χ1) is 15.0. The quantitative estimate of drug-likeness (QED) is 0.455. The van der Waals surface area contributed by atoms with Gasteiger partial charge in [-0.05, 0) is 49.6 Å². The van der Waals surface area contributed by atoms with Gasteiger partial charge in [0.05, 0.1) is 17.6 Å². The van der Waals surface area contributed by atoms with Crippen LogP contribution in [0.25, 0.3) is 16.7 Å². The standard InChI is InChI=1S/C22H23N9/c1-13-6-19(23)28-15(3)17(13)7-24-21-18-11-31(29-22(18)26-12-25-21)10-16-4-5-20-27-14(2)8-30(20)9-16/h4-6,8-9,11-12H,7,10H2,1-3H3,(H2,23,28)(H,24,25,26,29). The van der Waals surface area contributed by atoms with Gasteiger partial charge in [-0.1, -0.05) is 6.07 Å². The Balaban J connectivity index is 1.40. The van der Waals surface area contributed by atoms with Crippen LogP contribution in [0, 0.1) is 20.8 Å². The number of fused-ring (bicyclic) bond motifs is 2. The number of pyridine rings is 2. The first kappa shape index (κ1) is 19.0. The summed E-state index contributed by atoms with van der Waals surface area (Å²) in [5.74, 6) is 1.28. The van der Waals surface area contributed by atoms with Crippen LogP contribution in [0.5, 0.6) is 0 Å².